The van der Waals surface area contributed by atoms with Crippen LogP contribution in [0.2, 0.25) is 0 Å². The molecule has 2 fully saturated rings. The van der Waals surface area contributed by atoms with Gasteiger partial charge in [0.1, 0.15) is 5.78 Å². The second kappa shape index (κ2) is 41.9. The maximum Gasteiger partial charge on any atom is -0.0134 e. The van der Waals surface area contributed by atoms with Gasteiger partial charge in [-0.1, -0.05) is 292 Å². The summed E-state index contributed by atoms with van der Waals surface area (Å²) in [6.45, 7) is 4.77. The Balaban J connectivity index is 0.000000191. The standard InChI is InChI=1S/3C18H15P.C9H13NO.C9H18O2.CO.ClH.Ru/c3*1-4-10-16(11-5-1)19(17-12-6-2-7-13-17)18-14-8-3-9-15-18;2*10-7-3-5-8-4-1-2-6-9(8)11;1-2;;/h3*1-15H;8H,1-6H2;8-11H,1-7H2;;1H;/q;;;;;;;+1/p-1. The van der Waals surface area contributed by atoms with E-state index in [1.165, 1.54) is 67.0 Å². The van der Waals surface area contributed by atoms with E-state index in [4.69, 9.17) is 15.0 Å². The summed E-state index contributed by atoms with van der Waals surface area (Å²) in [4.78, 5) is 11.2. The molecule has 9 aromatic rings. The number of aliphatic hydroxyl groups excluding tert-OH is 2. The van der Waals surface area contributed by atoms with Crippen molar-refractivity contribution in [1.29, 1.82) is 5.26 Å². The van der Waals surface area contributed by atoms with Gasteiger partial charge in [0.15, 0.2) is 0 Å². The smallest absolute Gasteiger partial charge is 0.0134 e. The molecule has 0 bridgehead atoms. The zero-order valence-corrected chi connectivity index (χ0v) is 52.3. The van der Waals surface area contributed by atoms with Crippen molar-refractivity contribution >= 4 is 87.0 Å². The van der Waals surface area contributed by atoms with Gasteiger partial charge in [-0.2, -0.15) is 5.26 Å². The van der Waals surface area contributed by atoms with Crippen LogP contribution in [-0.2, 0) is 26.8 Å². The molecule has 9 aromatic carbocycles. The first-order valence-electron chi connectivity index (χ1n) is 28.4. The predicted molar refractivity (Wildman–Crippen MR) is 351 cm³/mol. The molecule has 3 unspecified atom stereocenters. The molecule has 427 valence electrons. The number of hydrogen-bond donors (Lipinski definition) is 2. The Morgan fingerprint density at radius 2 is 0.687 bits per heavy atom. The first-order valence-corrected chi connectivity index (χ1v) is 34.7. The quantitative estimate of drug-likeness (QED) is 0.0490. The molecule has 83 heavy (non-hydrogen) atoms. The zero-order chi connectivity index (χ0) is 59.0. The molecule has 0 radical (unpaired) electrons. The molecular formula is C73H76ClNO4P3Ru. The van der Waals surface area contributed by atoms with E-state index in [0.29, 0.717) is 18.1 Å². The molecule has 5 nitrogen and oxygen atoms in total. The molecule has 0 saturated heterocycles. The van der Waals surface area contributed by atoms with Crippen LogP contribution in [0.3, 0.4) is 0 Å². The summed E-state index contributed by atoms with van der Waals surface area (Å²) >= 11 is 1.82. The van der Waals surface area contributed by atoms with Crippen LogP contribution in [0.1, 0.15) is 77.0 Å². The Bertz CT molecular complexity index is 2550. The van der Waals surface area contributed by atoms with Crippen LogP contribution < -0.4 is 47.7 Å². The number of benzene rings is 9. The van der Waals surface area contributed by atoms with Crippen molar-refractivity contribution in [2.75, 3.05) is 6.61 Å². The molecule has 2 saturated carbocycles. The number of aliphatic hydroxyl groups is 2. The van der Waals surface area contributed by atoms with Gasteiger partial charge in [0, 0.05) is 25.4 Å². The van der Waals surface area contributed by atoms with Crippen molar-refractivity contribution in [2.45, 2.75) is 83.2 Å². The summed E-state index contributed by atoms with van der Waals surface area (Å²) < 4.78 is 7.50. The SMILES string of the molecule is N#CCCC1CCCCC1=O.OCCCC1CCCCC1O.[C-]#[O+].[Cl][Ru].c1ccc(P(c2ccccc2)c2ccccc2)cc1.c1ccc(P(c2ccccc2)c2ccccc2)cc1.c1ccc(P(c2ccccc2)c2ccccc2)cc1. The first-order chi connectivity index (χ1) is 41.0. The van der Waals surface area contributed by atoms with E-state index in [2.05, 4.69) is 295 Å². The van der Waals surface area contributed by atoms with Crippen molar-refractivity contribution in [2.24, 2.45) is 11.8 Å². The topological polar surface area (TPSA) is 101 Å². The van der Waals surface area contributed by atoms with E-state index in [-0.39, 0.29) is 18.6 Å². The summed E-state index contributed by atoms with van der Waals surface area (Å²) in [6, 6.07) is 99.1. The number of ketones is 1. The summed E-state index contributed by atoms with van der Waals surface area (Å²) in [6.07, 6.45) is 11.6. The Morgan fingerprint density at radius 1 is 0.434 bits per heavy atom. The van der Waals surface area contributed by atoms with Crippen molar-refractivity contribution in [3.8, 4) is 6.07 Å². The minimum atomic E-state index is -0.446. The Hall–Kier alpha value is -6.00. The van der Waals surface area contributed by atoms with Gasteiger partial charge >= 0.3 is 38.3 Å². The molecule has 2 aliphatic rings. The molecule has 0 spiro atoms. The minimum Gasteiger partial charge on any atom is -0.0622 e. The summed E-state index contributed by atoms with van der Waals surface area (Å²) in [5.41, 5.74) is 0. The van der Waals surface area contributed by atoms with Crippen molar-refractivity contribution in [3.05, 3.63) is 280 Å². The van der Waals surface area contributed by atoms with Crippen LogP contribution in [0, 0.1) is 29.8 Å². The molecule has 11 rings (SSSR count). The van der Waals surface area contributed by atoms with Gasteiger partial charge < -0.3 is 10.2 Å². The number of halogens is 1. The summed E-state index contributed by atoms with van der Waals surface area (Å²) in [5, 5.41) is 39.0. The molecule has 2 N–H and O–H groups in total. The van der Waals surface area contributed by atoms with E-state index >= 15 is 0 Å². The van der Waals surface area contributed by atoms with Crippen LogP contribution in [0.25, 0.3) is 0 Å². The molecule has 0 heterocycles. The zero-order valence-electron chi connectivity index (χ0n) is 47.1. The fourth-order valence-corrected chi connectivity index (χ4v) is 16.9. The largest absolute Gasteiger partial charge is 0.0622 e. The third-order valence-corrected chi connectivity index (χ3v) is 21.3. The molecule has 0 amide bonds. The number of carbonyl (C=O) groups excluding carboxylic acids is 1. The van der Waals surface area contributed by atoms with Gasteiger partial charge in [-0.05, 0) is 122 Å². The van der Waals surface area contributed by atoms with Crippen molar-refractivity contribution in [1.82, 2.24) is 0 Å². The normalized spacial score (nSPS) is 14.9. The molecule has 10 heteroatoms. The minimum absolute atomic E-state index is 0.0877. The van der Waals surface area contributed by atoms with Gasteiger partial charge in [0.2, 0.25) is 0 Å². The van der Waals surface area contributed by atoms with Crippen LogP contribution in [0.15, 0.2) is 273 Å². The van der Waals surface area contributed by atoms with E-state index in [9.17, 15) is 9.90 Å². The van der Waals surface area contributed by atoms with Crippen molar-refractivity contribution < 1.29 is 37.0 Å². The monoisotopic (exact) mass is 1260 g/mol. The van der Waals surface area contributed by atoms with Gasteiger partial charge in [-0.3, -0.25) is 4.79 Å². The maximum absolute atomic E-state index is 11.2. The van der Waals surface area contributed by atoms with Crippen LogP contribution >= 0.6 is 33.5 Å². The molecule has 0 aliphatic heterocycles. The second-order valence-electron chi connectivity index (χ2n) is 19.6. The molecule has 3 atom stereocenters. The average Bonchev–Trinajstić information content (AvgIpc) is 3.72. The van der Waals surface area contributed by atoms with Gasteiger partial charge in [0.05, 0.1) is 12.2 Å². The average molecular weight is 1260 g/mol. The van der Waals surface area contributed by atoms with E-state index < -0.39 is 23.8 Å². The fourth-order valence-electron chi connectivity index (χ4n) is 10.0. The number of Topliss-reactive ketones (excluding diaryl/α,β-unsaturated/α-hetero) is 1. The van der Waals surface area contributed by atoms with Crippen molar-refractivity contribution in [3.63, 3.8) is 0 Å². The van der Waals surface area contributed by atoms with Gasteiger partial charge in [-0.15, -0.1) is 0 Å². The van der Waals surface area contributed by atoms with E-state index in [0.717, 1.165) is 51.4 Å². The number of nitriles is 1. The Kier molecular flexibility index (Phi) is 34.2. The van der Waals surface area contributed by atoms with Gasteiger partial charge in [0.25, 0.3) is 0 Å². The molecular weight excluding hydrogens is 1180 g/mol. The Morgan fingerprint density at radius 3 is 0.916 bits per heavy atom. The fraction of sp³-hybridized carbons (Fsp3) is 0.219. The Labute approximate surface area is 513 Å². The van der Waals surface area contributed by atoms with E-state index in [1.807, 2.05) is 17.3 Å². The first kappa shape index (κ1) is 67.8. The molecule has 0 aromatic heterocycles. The summed E-state index contributed by atoms with van der Waals surface area (Å²) in [5.74, 6) is 1.06. The molecule has 2 aliphatic carbocycles. The number of nitrogens with zero attached hydrogens (tertiary/aromatic N) is 1. The third kappa shape index (κ3) is 23.9. The van der Waals surface area contributed by atoms with Gasteiger partial charge in [-0.25, -0.2) is 0 Å². The van der Waals surface area contributed by atoms with Crippen LogP contribution in [-0.4, -0.2) is 28.7 Å². The summed E-state index contributed by atoms with van der Waals surface area (Å²) in [7, 11) is 3.23. The number of hydrogen-bond acceptors (Lipinski definition) is 4. The van der Waals surface area contributed by atoms with Crippen LogP contribution in [0.5, 0.6) is 0 Å². The second-order valence-corrected chi connectivity index (χ2v) is 26.3. The number of carbonyl (C=O) groups is 1. The van der Waals surface area contributed by atoms with E-state index in [1.54, 1.807) is 0 Å². The van der Waals surface area contributed by atoms with Crippen LogP contribution in [0.4, 0.5) is 0 Å². The maximum atomic E-state index is 11.2. The predicted octanol–water partition coefficient (Wildman–Crippen LogP) is 14.3. The third-order valence-electron chi connectivity index (χ3n) is 14.0. The number of rotatable bonds is 14.